The lowest BCUT2D eigenvalue weighted by Crippen LogP contribution is -2.31. The molecule has 1 aliphatic rings. The fourth-order valence-corrected chi connectivity index (χ4v) is 3.05. The molecule has 1 aromatic carbocycles. The van der Waals surface area contributed by atoms with E-state index < -0.39 is 0 Å². The molecule has 1 aromatic heterocycles. The monoisotopic (exact) mass is 289 g/mol. The van der Waals surface area contributed by atoms with Crippen LogP contribution in [0.1, 0.15) is 43.9 Å². The lowest BCUT2D eigenvalue weighted by Gasteiger charge is -2.20. The molecule has 1 aliphatic carbocycles. The van der Waals surface area contributed by atoms with Crippen molar-refractivity contribution in [3.05, 3.63) is 36.0 Å². The minimum Gasteiger partial charge on any atom is -0.339 e. The summed E-state index contributed by atoms with van der Waals surface area (Å²) in [6.07, 6.45) is 5.89. The number of likely N-dealkylation sites (N-methyl/N-ethyl adjacent to an activating group) is 1. The van der Waals surface area contributed by atoms with E-state index in [0.29, 0.717) is 17.8 Å². The molecule has 2 aromatic rings. The van der Waals surface area contributed by atoms with Crippen molar-refractivity contribution in [2.75, 3.05) is 7.05 Å². The predicted molar refractivity (Wildman–Crippen MR) is 78.4 cm³/mol. The molecule has 0 saturated heterocycles. The van der Waals surface area contributed by atoms with Gasteiger partial charge >= 0.3 is 0 Å². The first kappa shape index (κ1) is 14.2. The topological polar surface area (TPSA) is 51.0 Å². The first-order valence-electron chi connectivity index (χ1n) is 7.55. The summed E-state index contributed by atoms with van der Waals surface area (Å²) in [5.41, 5.74) is 0.779. The molecule has 4 nitrogen and oxygen atoms in total. The Morgan fingerprint density at radius 3 is 2.67 bits per heavy atom. The highest BCUT2D eigenvalue weighted by atomic mass is 19.1. The molecule has 112 valence electrons. The zero-order valence-corrected chi connectivity index (χ0v) is 12.2. The predicted octanol–water partition coefficient (Wildman–Crippen LogP) is 3.51. The van der Waals surface area contributed by atoms with Gasteiger partial charge in [0.25, 0.3) is 0 Å². The summed E-state index contributed by atoms with van der Waals surface area (Å²) in [7, 11) is 1.99. The smallest absolute Gasteiger partial charge is 0.231 e. The van der Waals surface area contributed by atoms with Crippen molar-refractivity contribution in [1.29, 1.82) is 0 Å². The molecule has 1 saturated carbocycles. The van der Waals surface area contributed by atoms with Crippen molar-refractivity contribution in [3.8, 4) is 11.4 Å². The maximum absolute atomic E-state index is 13.0. The van der Waals surface area contributed by atoms with Gasteiger partial charge in [-0.3, -0.25) is 0 Å². The summed E-state index contributed by atoms with van der Waals surface area (Å²) in [4.78, 5) is 4.53. The standard InChI is InChI=1S/C16H20FN3O/c1-18-14-6-4-2-3-5-13(14)16-19-15(20-21-16)11-7-9-12(17)10-8-11/h7-10,13-14,18H,2-6H2,1H3. The van der Waals surface area contributed by atoms with Gasteiger partial charge in [-0.25, -0.2) is 4.39 Å². The van der Waals surface area contributed by atoms with Crippen LogP contribution >= 0.6 is 0 Å². The maximum atomic E-state index is 13.0. The van der Waals surface area contributed by atoms with E-state index in [1.54, 1.807) is 12.1 Å². The van der Waals surface area contributed by atoms with Gasteiger partial charge in [-0.05, 0) is 44.2 Å². The second-order valence-corrected chi connectivity index (χ2v) is 5.60. The van der Waals surface area contributed by atoms with Crippen LogP contribution < -0.4 is 5.32 Å². The largest absolute Gasteiger partial charge is 0.339 e. The van der Waals surface area contributed by atoms with E-state index in [9.17, 15) is 4.39 Å². The van der Waals surface area contributed by atoms with Gasteiger partial charge in [0, 0.05) is 11.6 Å². The lowest BCUT2D eigenvalue weighted by molar-refractivity contribution is 0.311. The van der Waals surface area contributed by atoms with Crippen LogP contribution in [0.25, 0.3) is 11.4 Å². The highest BCUT2D eigenvalue weighted by Gasteiger charge is 2.28. The zero-order valence-electron chi connectivity index (χ0n) is 12.2. The number of halogens is 1. The van der Waals surface area contributed by atoms with E-state index in [4.69, 9.17) is 4.52 Å². The molecule has 21 heavy (non-hydrogen) atoms. The first-order chi connectivity index (χ1) is 10.3. The average Bonchev–Trinajstić information content (AvgIpc) is 2.86. The number of hydrogen-bond donors (Lipinski definition) is 1. The number of benzene rings is 1. The van der Waals surface area contributed by atoms with Crippen molar-refractivity contribution in [1.82, 2.24) is 15.5 Å². The molecule has 0 spiro atoms. The normalized spacial score (nSPS) is 23.0. The quantitative estimate of drug-likeness (QED) is 0.878. The van der Waals surface area contributed by atoms with E-state index in [1.165, 1.54) is 31.4 Å². The van der Waals surface area contributed by atoms with E-state index in [0.717, 1.165) is 18.4 Å². The molecule has 5 heteroatoms. The highest BCUT2D eigenvalue weighted by molar-refractivity contribution is 5.53. The number of aromatic nitrogens is 2. The number of nitrogens with one attached hydrogen (secondary N) is 1. The van der Waals surface area contributed by atoms with Crippen LogP contribution in [0.4, 0.5) is 4.39 Å². The Morgan fingerprint density at radius 2 is 1.90 bits per heavy atom. The molecule has 1 heterocycles. The molecular formula is C16H20FN3O. The molecule has 1 N–H and O–H groups in total. The van der Waals surface area contributed by atoms with Gasteiger partial charge < -0.3 is 9.84 Å². The number of rotatable bonds is 3. The first-order valence-corrected chi connectivity index (χ1v) is 7.55. The summed E-state index contributed by atoms with van der Waals surface area (Å²) in [5.74, 6) is 1.22. The Morgan fingerprint density at radius 1 is 1.14 bits per heavy atom. The molecular weight excluding hydrogens is 269 g/mol. The van der Waals surface area contributed by atoms with Gasteiger partial charge in [-0.2, -0.15) is 4.98 Å². The van der Waals surface area contributed by atoms with E-state index in [-0.39, 0.29) is 11.7 Å². The van der Waals surface area contributed by atoms with E-state index >= 15 is 0 Å². The number of hydrogen-bond acceptors (Lipinski definition) is 4. The fourth-order valence-electron chi connectivity index (χ4n) is 3.05. The molecule has 3 rings (SSSR count). The van der Waals surface area contributed by atoms with Crippen molar-refractivity contribution in [2.45, 2.75) is 44.1 Å². The molecule has 0 radical (unpaired) electrons. The van der Waals surface area contributed by atoms with Gasteiger partial charge in [0.2, 0.25) is 11.7 Å². The summed E-state index contributed by atoms with van der Waals surface area (Å²) < 4.78 is 18.4. The molecule has 0 amide bonds. The van der Waals surface area contributed by atoms with Crippen LogP contribution in [-0.2, 0) is 0 Å². The highest BCUT2D eigenvalue weighted by Crippen LogP contribution is 2.32. The van der Waals surface area contributed by atoms with Gasteiger partial charge in [-0.1, -0.05) is 24.4 Å². The summed E-state index contributed by atoms with van der Waals surface area (Å²) in [6.45, 7) is 0. The van der Waals surface area contributed by atoms with Crippen molar-refractivity contribution in [2.24, 2.45) is 0 Å². The van der Waals surface area contributed by atoms with Crippen LogP contribution in [0.2, 0.25) is 0 Å². The van der Waals surface area contributed by atoms with E-state index in [2.05, 4.69) is 15.5 Å². The zero-order chi connectivity index (χ0) is 14.7. The third-order valence-corrected chi connectivity index (χ3v) is 4.25. The van der Waals surface area contributed by atoms with Crippen LogP contribution in [-0.4, -0.2) is 23.2 Å². The number of nitrogens with zero attached hydrogens (tertiary/aromatic N) is 2. The van der Waals surface area contributed by atoms with Crippen molar-refractivity contribution >= 4 is 0 Å². The SMILES string of the molecule is CNC1CCCCCC1c1nc(-c2ccc(F)cc2)no1. The molecule has 2 unspecified atom stereocenters. The molecule has 0 bridgehead atoms. The second-order valence-electron chi connectivity index (χ2n) is 5.60. The average molecular weight is 289 g/mol. The molecule has 1 fully saturated rings. The maximum Gasteiger partial charge on any atom is 0.231 e. The van der Waals surface area contributed by atoms with E-state index in [1.807, 2.05) is 7.05 Å². The molecule has 0 aliphatic heterocycles. The van der Waals surface area contributed by atoms with Gasteiger partial charge in [-0.15, -0.1) is 0 Å². The third kappa shape index (κ3) is 3.13. The minimum absolute atomic E-state index is 0.263. The summed E-state index contributed by atoms with van der Waals surface area (Å²) in [6, 6.07) is 6.55. The second kappa shape index (κ2) is 6.35. The Balaban J connectivity index is 1.84. The van der Waals surface area contributed by atoms with Crippen molar-refractivity contribution in [3.63, 3.8) is 0 Å². The summed E-state index contributed by atoms with van der Waals surface area (Å²) >= 11 is 0. The molecule has 2 atom stereocenters. The van der Waals surface area contributed by atoms with Crippen LogP contribution in [0.5, 0.6) is 0 Å². The third-order valence-electron chi connectivity index (χ3n) is 4.25. The van der Waals surface area contributed by atoms with Crippen molar-refractivity contribution < 1.29 is 8.91 Å². The van der Waals surface area contributed by atoms with Crippen LogP contribution in [0.3, 0.4) is 0 Å². The van der Waals surface area contributed by atoms with Gasteiger partial charge in [0.05, 0.1) is 5.92 Å². The van der Waals surface area contributed by atoms with Crippen LogP contribution in [0.15, 0.2) is 28.8 Å². The van der Waals surface area contributed by atoms with Gasteiger partial charge in [0.15, 0.2) is 0 Å². The Hall–Kier alpha value is -1.75. The van der Waals surface area contributed by atoms with Crippen LogP contribution in [0, 0.1) is 5.82 Å². The van der Waals surface area contributed by atoms with Gasteiger partial charge in [0.1, 0.15) is 5.82 Å². The fraction of sp³-hybridized carbons (Fsp3) is 0.500. The lowest BCUT2D eigenvalue weighted by atomic mass is 9.95. The Kier molecular flexibility index (Phi) is 4.29. The Bertz CT molecular complexity index is 581. The summed E-state index contributed by atoms with van der Waals surface area (Å²) in [5, 5.41) is 7.43. The minimum atomic E-state index is -0.263. The Labute approximate surface area is 123 Å².